The highest BCUT2D eigenvalue weighted by Gasteiger charge is 2.12. The molecule has 0 fully saturated rings. The molecule has 0 atom stereocenters. The SMILES string of the molecule is CC(C)(C)NCc1cc(Br)c(OCCO)c(Br)c1. The van der Waals surface area contributed by atoms with Crippen molar-refractivity contribution in [1.29, 1.82) is 0 Å². The molecule has 18 heavy (non-hydrogen) atoms. The van der Waals surface area contributed by atoms with E-state index in [1.165, 1.54) is 5.56 Å². The molecule has 0 amide bonds. The van der Waals surface area contributed by atoms with Gasteiger partial charge in [-0.1, -0.05) is 0 Å². The van der Waals surface area contributed by atoms with Crippen molar-refractivity contribution in [3.05, 3.63) is 26.6 Å². The molecular weight excluding hydrogens is 362 g/mol. The first-order valence-electron chi connectivity index (χ1n) is 5.80. The van der Waals surface area contributed by atoms with E-state index in [1.807, 2.05) is 12.1 Å². The maximum absolute atomic E-state index is 8.77. The minimum atomic E-state index is 0.00616. The Labute approximate surface area is 125 Å². The van der Waals surface area contributed by atoms with Crippen LogP contribution in [0.1, 0.15) is 26.3 Å². The smallest absolute Gasteiger partial charge is 0.147 e. The number of aliphatic hydroxyl groups is 1. The van der Waals surface area contributed by atoms with Crippen LogP contribution in [0.3, 0.4) is 0 Å². The molecule has 2 N–H and O–H groups in total. The van der Waals surface area contributed by atoms with Crippen LogP contribution in [0.5, 0.6) is 5.75 Å². The fourth-order valence-electron chi connectivity index (χ4n) is 1.37. The first-order chi connectivity index (χ1) is 8.33. The number of hydrogen-bond donors (Lipinski definition) is 2. The van der Waals surface area contributed by atoms with Crippen molar-refractivity contribution in [3.8, 4) is 5.75 Å². The molecule has 0 aliphatic heterocycles. The summed E-state index contributed by atoms with van der Waals surface area (Å²) >= 11 is 6.97. The van der Waals surface area contributed by atoms with Gasteiger partial charge in [-0.2, -0.15) is 0 Å². The quantitative estimate of drug-likeness (QED) is 0.821. The summed E-state index contributed by atoms with van der Waals surface area (Å²) in [5.41, 5.74) is 1.25. The monoisotopic (exact) mass is 379 g/mol. The second-order valence-corrected chi connectivity index (χ2v) is 6.77. The number of halogens is 2. The van der Waals surface area contributed by atoms with Gasteiger partial charge in [-0.05, 0) is 70.3 Å². The lowest BCUT2D eigenvalue weighted by Crippen LogP contribution is -2.35. The number of rotatable bonds is 5. The van der Waals surface area contributed by atoms with Gasteiger partial charge in [0.05, 0.1) is 15.6 Å². The van der Waals surface area contributed by atoms with Crippen LogP contribution in [0, 0.1) is 0 Å². The molecule has 1 rings (SSSR count). The number of aliphatic hydroxyl groups excluding tert-OH is 1. The van der Waals surface area contributed by atoms with E-state index in [1.54, 1.807) is 0 Å². The third-order valence-electron chi connectivity index (χ3n) is 2.22. The molecule has 0 heterocycles. The summed E-state index contributed by atoms with van der Waals surface area (Å²) in [6, 6.07) is 4.05. The highest BCUT2D eigenvalue weighted by molar-refractivity contribution is 9.11. The molecule has 0 radical (unpaired) electrons. The lowest BCUT2D eigenvalue weighted by atomic mass is 10.1. The van der Waals surface area contributed by atoms with E-state index < -0.39 is 0 Å². The molecule has 0 saturated heterocycles. The van der Waals surface area contributed by atoms with E-state index in [0.717, 1.165) is 21.2 Å². The van der Waals surface area contributed by atoms with Crippen LogP contribution in [0.2, 0.25) is 0 Å². The van der Waals surface area contributed by atoms with E-state index in [0.29, 0.717) is 0 Å². The molecule has 0 unspecified atom stereocenters. The van der Waals surface area contributed by atoms with Crippen molar-refractivity contribution in [2.75, 3.05) is 13.2 Å². The summed E-state index contributed by atoms with van der Waals surface area (Å²) in [6.45, 7) is 7.49. The van der Waals surface area contributed by atoms with Gasteiger partial charge in [0.15, 0.2) is 0 Å². The molecule has 0 aromatic heterocycles. The summed E-state index contributed by atoms with van der Waals surface area (Å²) < 4.78 is 7.22. The zero-order valence-electron chi connectivity index (χ0n) is 10.9. The van der Waals surface area contributed by atoms with Gasteiger partial charge in [0.25, 0.3) is 0 Å². The lowest BCUT2D eigenvalue weighted by molar-refractivity contribution is 0.200. The topological polar surface area (TPSA) is 41.5 Å². The zero-order chi connectivity index (χ0) is 13.8. The summed E-state index contributed by atoms with van der Waals surface area (Å²) in [6.07, 6.45) is 0. The van der Waals surface area contributed by atoms with Gasteiger partial charge < -0.3 is 15.2 Å². The first-order valence-corrected chi connectivity index (χ1v) is 7.38. The van der Waals surface area contributed by atoms with Crippen molar-refractivity contribution >= 4 is 31.9 Å². The number of nitrogens with one attached hydrogen (secondary N) is 1. The fourth-order valence-corrected chi connectivity index (χ4v) is 2.88. The van der Waals surface area contributed by atoms with E-state index >= 15 is 0 Å². The number of ether oxygens (including phenoxy) is 1. The Balaban J connectivity index is 2.79. The largest absolute Gasteiger partial charge is 0.489 e. The summed E-state index contributed by atoms with van der Waals surface area (Å²) in [4.78, 5) is 0. The molecule has 0 bridgehead atoms. The Morgan fingerprint density at radius 3 is 2.22 bits per heavy atom. The van der Waals surface area contributed by atoms with Gasteiger partial charge >= 0.3 is 0 Å². The van der Waals surface area contributed by atoms with E-state index in [9.17, 15) is 0 Å². The van der Waals surface area contributed by atoms with Gasteiger partial charge in [0.1, 0.15) is 12.4 Å². The van der Waals surface area contributed by atoms with Gasteiger partial charge in [0.2, 0.25) is 0 Å². The molecule has 1 aromatic rings. The maximum Gasteiger partial charge on any atom is 0.147 e. The van der Waals surface area contributed by atoms with Gasteiger partial charge in [0, 0.05) is 12.1 Å². The Kier molecular flexibility index (Phi) is 6.11. The Morgan fingerprint density at radius 2 is 1.78 bits per heavy atom. The Bertz CT molecular complexity index is 379. The second kappa shape index (κ2) is 6.89. The molecule has 3 nitrogen and oxygen atoms in total. The normalized spacial score (nSPS) is 11.7. The predicted molar refractivity (Wildman–Crippen MR) is 81.0 cm³/mol. The third-order valence-corrected chi connectivity index (χ3v) is 3.40. The Morgan fingerprint density at radius 1 is 1.22 bits per heavy atom. The molecule has 0 saturated carbocycles. The van der Waals surface area contributed by atoms with Crippen LogP contribution in [-0.2, 0) is 6.54 Å². The zero-order valence-corrected chi connectivity index (χ0v) is 14.1. The van der Waals surface area contributed by atoms with Gasteiger partial charge in [-0.15, -0.1) is 0 Å². The van der Waals surface area contributed by atoms with Crippen LogP contribution < -0.4 is 10.1 Å². The summed E-state index contributed by atoms with van der Waals surface area (Å²) in [5.74, 6) is 0.726. The van der Waals surface area contributed by atoms with Gasteiger partial charge in [-0.25, -0.2) is 0 Å². The molecule has 0 spiro atoms. The number of benzene rings is 1. The van der Waals surface area contributed by atoms with Crippen LogP contribution in [0.15, 0.2) is 21.1 Å². The molecule has 0 aliphatic carbocycles. The molecule has 102 valence electrons. The van der Waals surface area contributed by atoms with E-state index in [4.69, 9.17) is 9.84 Å². The van der Waals surface area contributed by atoms with Crippen LogP contribution >= 0.6 is 31.9 Å². The van der Waals surface area contributed by atoms with Crippen LogP contribution in [0.4, 0.5) is 0 Å². The van der Waals surface area contributed by atoms with Gasteiger partial charge in [-0.3, -0.25) is 0 Å². The standard InChI is InChI=1S/C13H19Br2NO2/c1-13(2,3)16-8-9-6-10(14)12(11(15)7-9)18-5-4-17/h6-7,16-17H,4-5,8H2,1-3H3. The summed E-state index contributed by atoms with van der Waals surface area (Å²) in [5, 5.41) is 12.2. The van der Waals surface area contributed by atoms with Crippen molar-refractivity contribution in [2.24, 2.45) is 0 Å². The van der Waals surface area contributed by atoms with Crippen molar-refractivity contribution in [1.82, 2.24) is 5.32 Å². The first kappa shape index (κ1) is 16.0. The predicted octanol–water partition coefficient (Wildman–Crippen LogP) is 3.47. The minimum Gasteiger partial charge on any atom is -0.489 e. The molecular formula is C13H19Br2NO2. The summed E-state index contributed by atoms with van der Waals surface area (Å²) in [7, 11) is 0. The van der Waals surface area contributed by atoms with Crippen molar-refractivity contribution in [2.45, 2.75) is 32.9 Å². The number of hydrogen-bond acceptors (Lipinski definition) is 3. The highest BCUT2D eigenvalue weighted by Crippen LogP contribution is 2.34. The second-order valence-electron chi connectivity index (χ2n) is 5.06. The maximum atomic E-state index is 8.77. The average molecular weight is 381 g/mol. The van der Waals surface area contributed by atoms with Crippen molar-refractivity contribution in [3.63, 3.8) is 0 Å². The van der Waals surface area contributed by atoms with E-state index in [-0.39, 0.29) is 18.8 Å². The molecule has 0 aliphatic rings. The minimum absolute atomic E-state index is 0.00616. The van der Waals surface area contributed by atoms with E-state index in [2.05, 4.69) is 57.9 Å². The lowest BCUT2D eigenvalue weighted by Gasteiger charge is -2.21. The Hall–Kier alpha value is -0.100. The third kappa shape index (κ3) is 5.26. The molecule has 1 aromatic carbocycles. The van der Waals surface area contributed by atoms with Crippen LogP contribution in [0.25, 0.3) is 0 Å². The highest BCUT2D eigenvalue weighted by atomic mass is 79.9. The van der Waals surface area contributed by atoms with Crippen molar-refractivity contribution < 1.29 is 9.84 Å². The van der Waals surface area contributed by atoms with Crippen LogP contribution in [-0.4, -0.2) is 23.9 Å². The average Bonchev–Trinajstić information content (AvgIpc) is 2.24. The molecule has 5 heteroatoms. The fraction of sp³-hybridized carbons (Fsp3) is 0.538.